The third-order valence-electron chi connectivity index (χ3n) is 4.98. The molecular formula is C23H13F3N2O. The zero-order chi connectivity index (χ0) is 20.2. The van der Waals surface area contributed by atoms with Gasteiger partial charge in [0.15, 0.2) is 0 Å². The summed E-state index contributed by atoms with van der Waals surface area (Å²) in [6, 6.07) is 21.4. The first kappa shape index (κ1) is 17.4. The number of aromatic nitrogens is 2. The summed E-state index contributed by atoms with van der Waals surface area (Å²) in [5.74, 6) is -0.335. The number of carbonyl (C=O) groups excluding carboxylic acids is 1. The van der Waals surface area contributed by atoms with Crippen LogP contribution in [0.2, 0.25) is 0 Å². The molecule has 142 valence electrons. The highest BCUT2D eigenvalue weighted by atomic mass is 19.4. The first-order valence-corrected chi connectivity index (χ1v) is 8.94. The Hall–Kier alpha value is -3.67. The lowest BCUT2D eigenvalue weighted by atomic mass is 10.1. The molecule has 6 heteroatoms. The number of nitrogens with zero attached hydrogens (tertiary/aromatic N) is 2. The summed E-state index contributed by atoms with van der Waals surface area (Å²) in [4.78, 5) is 17.5. The monoisotopic (exact) mass is 390 g/mol. The first-order valence-electron chi connectivity index (χ1n) is 8.94. The van der Waals surface area contributed by atoms with Gasteiger partial charge in [0.2, 0.25) is 5.78 Å². The number of hydrogen-bond acceptors (Lipinski definition) is 2. The van der Waals surface area contributed by atoms with Gasteiger partial charge in [0, 0.05) is 10.9 Å². The van der Waals surface area contributed by atoms with E-state index in [2.05, 4.69) is 4.98 Å². The molecule has 0 unspecified atom stereocenters. The van der Waals surface area contributed by atoms with E-state index < -0.39 is 11.7 Å². The second-order valence-corrected chi connectivity index (χ2v) is 6.78. The van der Waals surface area contributed by atoms with Crippen molar-refractivity contribution in [3.05, 3.63) is 95.7 Å². The fourth-order valence-corrected chi connectivity index (χ4v) is 3.64. The van der Waals surface area contributed by atoms with Crippen molar-refractivity contribution in [2.24, 2.45) is 0 Å². The average molecular weight is 390 g/mol. The lowest BCUT2D eigenvalue weighted by molar-refractivity contribution is -0.137. The fourth-order valence-electron chi connectivity index (χ4n) is 3.64. The van der Waals surface area contributed by atoms with Gasteiger partial charge in [-0.05, 0) is 30.3 Å². The molecule has 29 heavy (non-hydrogen) atoms. The molecule has 5 rings (SSSR count). The minimum Gasteiger partial charge on any atom is -0.305 e. The maximum Gasteiger partial charge on any atom is 0.416 e. The number of ketones is 1. The molecule has 0 fully saturated rings. The topological polar surface area (TPSA) is 34.4 Å². The molecule has 0 bridgehead atoms. The van der Waals surface area contributed by atoms with Crippen LogP contribution >= 0.6 is 0 Å². The predicted octanol–water partition coefficient (Wildman–Crippen LogP) is 5.89. The van der Waals surface area contributed by atoms with Crippen LogP contribution in [0.1, 0.15) is 21.6 Å². The van der Waals surface area contributed by atoms with Crippen molar-refractivity contribution in [2.75, 3.05) is 0 Å². The third kappa shape index (κ3) is 2.76. The van der Waals surface area contributed by atoms with Gasteiger partial charge in [-0.3, -0.25) is 4.79 Å². The molecule has 0 saturated heterocycles. The van der Waals surface area contributed by atoms with E-state index in [4.69, 9.17) is 0 Å². The Morgan fingerprint density at radius 1 is 0.793 bits per heavy atom. The van der Waals surface area contributed by atoms with E-state index in [1.807, 2.05) is 30.3 Å². The summed E-state index contributed by atoms with van der Waals surface area (Å²) in [5, 5.41) is 0.879. The third-order valence-corrected chi connectivity index (χ3v) is 4.98. The summed E-state index contributed by atoms with van der Waals surface area (Å²) in [7, 11) is 0. The van der Waals surface area contributed by atoms with Crippen molar-refractivity contribution in [1.82, 2.24) is 9.38 Å². The Balaban J connectivity index is 1.91. The van der Waals surface area contributed by atoms with Gasteiger partial charge in [-0.15, -0.1) is 0 Å². The molecule has 0 aliphatic carbocycles. The molecule has 3 nitrogen and oxygen atoms in total. The number of carbonyl (C=O) groups is 1. The highest BCUT2D eigenvalue weighted by Gasteiger charge is 2.31. The normalized spacial score (nSPS) is 12.1. The van der Waals surface area contributed by atoms with E-state index in [1.165, 1.54) is 6.07 Å². The molecular weight excluding hydrogens is 377 g/mol. The Kier molecular flexibility index (Phi) is 3.71. The van der Waals surface area contributed by atoms with Crippen LogP contribution in [-0.4, -0.2) is 15.2 Å². The zero-order valence-electron chi connectivity index (χ0n) is 14.9. The number of fused-ring (bicyclic) bond motifs is 5. The van der Waals surface area contributed by atoms with Gasteiger partial charge in [0.25, 0.3) is 0 Å². The largest absolute Gasteiger partial charge is 0.416 e. The van der Waals surface area contributed by atoms with Crippen molar-refractivity contribution in [2.45, 2.75) is 6.18 Å². The molecule has 0 amide bonds. The highest BCUT2D eigenvalue weighted by molar-refractivity contribution is 6.14. The molecule has 2 aromatic heterocycles. The molecule has 0 N–H and O–H groups in total. The number of rotatable bonds is 2. The smallest absolute Gasteiger partial charge is 0.305 e. The average Bonchev–Trinajstić information content (AvgIpc) is 3.12. The Labute approximate surface area is 163 Å². The summed E-state index contributed by atoms with van der Waals surface area (Å²) in [6.45, 7) is 0. The zero-order valence-corrected chi connectivity index (χ0v) is 14.9. The fraction of sp³-hybridized carbons (Fsp3) is 0.0435. The van der Waals surface area contributed by atoms with Gasteiger partial charge in [0.1, 0.15) is 5.69 Å². The van der Waals surface area contributed by atoms with E-state index in [0.29, 0.717) is 16.6 Å². The minimum absolute atomic E-state index is 0.118. The lowest BCUT2D eigenvalue weighted by Crippen LogP contribution is -2.09. The SMILES string of the molecule is O=C(c1ccccc1)c1nc2cc(C(F)(F)F)ccc2n2c1cc1ccccc12. The van der Waals surface area contributed by atoms with Crippen LogP contribution in [0.4, 0.5) is 13.2 Å². The Morgan fingerprint density at radius 2 is 1.52 bits per heavy atom. The van der Waals surface area contributed by atoms with Crippen molar-refractivity contribution >= 4 is 33.2 Å². The van der Waals surface area contributed by atoms with E-state index in [0.717, 1.165) is 23.0 Å². The number of para-hydroxylation sites is 1. The number of benzene rings is 3. The van der Waals surface area contributed by atoms with Crippen LogP contribution in [0.5, 0.6) is 0 Å². The number of halogens is 3. The predicted molar refractivity (Wildman–Crippen MR) is 105 cm³/mol. The van der Waals surface area contributed by atoms with Crippen molar-refractivity contribution in [1.29, 1.82) is 0 Å². The molecule has 0 aliphatic heterocycles. The maximum atomic E-state index is 13.2. The van der Waals surface area contributed by atoms with Crippen molar-refractivity contribution in [3.8, 4) is 0 Å². The molecule has 2 heterocycles. The number of alkyl halides is 3. The molecule has 5 aromatic rings. The molecule has 0 spiro atoms. The van der Waals surface area contributed by atoms with Gasteiger partial charge < -0.3 is 4.40 Å². The van der Waals surface area contributed by atoms with Crippen LogP contribution in [0.25, 0.3) is 27.5 Å². The standard InChI is InChI=1S/C23H13F3N2O/c24-23(25,26)16-10-11-19-17(13-16)27-21(22(29)14-6-2-1-3-7-14)20-12-15-8-4-5-9-18(15)28(19)20/h1-13H. The van der Waals surface area contributed by atoms with Gasteiger partial charge in [-0.1, -0.05) is 48.5 Å². The van der Waals surface area contributed by atoms with Crippen molar-refractivity contribution in [3.63, 3.8) is 0 Å². The molecule has 3 aromatic carbocycles. The van der Waals surface area contributed by atoms with Crippen LogP contribution in [0.3, 0.4) is 0 Å². The molecule has 0 atom stereocenters. The summed E-state index contributed by atoms with van der Waals surface area (Å²) in [5.41, 5.74) is 1.75. The Morgan fingerprint density at radius 3 is 2.28 bits per heavy atom. The molecule has 0 radical (unpaired) electrons. The van der Waals surface area contributed by atoms with E-state index in [1.54, 1.807) is 34.7 Å². The lowest BCUT2D eigenvalue weighted by Gasteiger charge is -2.12. The van der Waals surface area contributed by atoms with Crippen LogP contribution in [0, 0.1) is 0 Å². The van der Waals surface area contributed by atoms with Gasteiger partial charge in [-0.25, -0.2) is 4.98 Å². The highest BCUT2D eigenvalue weighted by Crippen LogP contribution is 2.33. The second kappa shape index (κ2) is 6.17. The van der Waals surface area contributed by atoms with Crippen LogP contribution < -0.4 is 0 Å². The van der Waals surface area contributed by atoms with Crippen LogP contribution in [-0.2, 0) is 6.18 Å². The summed E-state index contributed by atoms with van der Waals surface area (Å²) in [6.07, 6.45) is -4.49. The summed E-state index contributed by atoms with van der Waals surface area (Å²) < 4.78 is 41.5. The molecule has 0 aliphatic rings. The first-order chi connectivity index (χ1) is 13.9. The number of hydrogen-bond donors (Lipinski definition) is 0. The quantitative estimate of drug-likeness (QED) is 0.352. The second-order valence-electron chi connectivity index (χ2n) is 6.78. The molecule has 0 saturated carbocycles. The van der Waals surface area contributed by atoms with E-state index in [-0.39, 0.29) is 17.0 Å². The van der Waals surface area contributed by atoms with Crippen LogP contribution in [0.15, 0.2) is 78.9 Å². The van der Waals surface area contributed by atoms with Gasteiger partial charge in [0.05, 0.1) is 27.6 Å². The maximum absolute atomic E-state index is 13.2. The van der Waals surface area contributed by atoms with E-state index >= 15 is 0 Å². The van der Waals surface area contributed by atoms with Gasteiger partial charge in [-0.2, -0.15) is 13.2 Å². The Bertz CT molecular complexity index is 1400. The van der Waals surface area contributed by atoms with E-state index in [9.17, 15) is 18.0 Å². The minimum atomic E-state index is -4.49. The summed E-state index contributed by atoms with van der Waals surface area (Å²) >= 11 is 0. The van der Waals surface area contributed by atoms with Gasteiger partial charge >= 0.3 is 6.18 Å². The van der Waals surface area contributed by atoms with Crippen molar-refractivity contribution < 1.29 is 18.0 Å².